The molecule has 0 aromatic carbocycles. The Bertz CT molecular complexity index is 194. The van der Waals surface area contributed by atoms with E-state index in [-0.39, 0.29) is 12.2 Å². The molecule has 0 bridgehead atoms. The quantitative estimate of drug-likeness (QED) is 0.274. The number of ether oxygens (including phenoxy) is 1. The minimum absolute atomic E-state index is 0.0450. The van der Waals surface area contributed by atoms with Crippen molar-refractivity contribution in [3.8, 4) is 0 Å². The summed E-state index contributed by atoms with van der Waals surface area (Å²) in [5, 5.41) is 0. The molecule has 74 valence electrons. The molecule has 3 heteroatoms. The lowest BCUT2D eigenvalue weighted by atomic mass is 10.1. The third-order valence-corrected chi connectivity index (χ3v) is 1.63. The maximum Gasteiger partial charge on any atom is 0.313 e. The predicted octanol–water partition coefficient (Wildman–Crippen LogP) is 1.86. The van der Waals surface area contributed by atoms with E-state index in [0.29, 0.717) is 6.42 Å². The molecule has 13 heavy (non-hydrogen) atoms. The lowest BCUT2D eigenvalue weighted by Crippen LogP contribution is -2.08. The number of unbranched alkanes of at least 4 members (excludes halogenated alkanes) is 1. The number of rotatable bonds is 6. The van der Waals surface area contributed by atoms with Crippen molar-refractivity contribution in [2.45, 2.75) is 32.6 Å². The van der Waals surface area contributed by atoms with Crippen LogP contribution in [0.15, 0.2) is 12.2 Å². The van der Waals surface area contributed by atoms with Crippen molar-refractivity contribution in [3.63, 3.8) is 0 Å². The summed E-state index contributed by atoms with van der Waals surface area (Å²) in [6, 6.07) is 0. The highest BCUT2D eigenvalue weighted by atomic mass is 16.5. The zero-order valence-corrected chi connectivity index (χ0v) is 8.21. The molecule has 0 saturated carbocycles. The van der Waals surface area contributed by atoms with E-state index in [4.69, 9.17) is 0 Å². The Kier molecular flexibility index (Phi) is 6.88. The number of allylic oxidation sites excluding steroid dienone is 2. The fraction of sp³-hybridized carbons (Fsp3) is 0.600. The van der Waals surface area contributed by atoms with Crippen molar-refractivity contribution in [1.29, 1.82) is 0 Å². The molecule has 0 aliphatic heterocycles. The van der Waals surface area contributed by atoms with Gasteiger partial charge in [0.05, 0.1) is 7.11 Å². The highest BCUT2D eigenvalue weighted by molar-refractivity contribution is 5.95. The molecule has 0 aromatic heterocycles. The molecule has 0 unspecified atom stereocenters. The van der Waals surface area contributed by atoms with Gasteiger partial charge in [-0.3, -0.25) is 9.59 Å². The highest BCUT2D eigenvalue weighted by Gasteiger charge is 2.07. The average molecular weight is 184 g/mol. The lowest BCUT2D eigenvalue weighted by molar-refractivity contribution is -0.143. The Balaban J connectivity index is 3.46. The van der Waals surface area contributed by atoms with Crippen molar-refractivity contribution < 1.29 is 14.3 Å². The van der Waals surface area contributed by atoms with Gasteiger partial charge in [0.2, 0.25) is 0 Å². The Labute approximate surface area is 78.8 Å². The minimum Gasteiger partial charge on any atom is -0.469 e. The average Bonchev–Trinajstić information content (AvgIpc) is 2.12. The summed E-state index contributed by atoms with van der Waals surface area (Å²) in [6.45, 7) is 1.94. The second kappa shape index (κ2) is 7.53. The van der Waals surface area contributed by atoms with E-state index in [2.05, 4.69) is 4.74 Å². The zero-order valence-electron chi connectivity index (χ0n) is 8.21. The fourth-order valence-corrected chi connectivity index (χ4v) is 0.905. The normalized spacial score (nSPS) is 10.3. The van der Waals surface area contributed by atoms with E-state index in [9.17, 15) is 9.59 Å². The van der Waals surface area contributed by atoms with Gasteiger partial charge in [0, 0.05) is 6.42 Å². The molecule has 0 saturated heterocycles. The van der Waals surface area contributed by atoms with E-state index in [1.165, 1.54) is 7.11 Å². The monoisotopic (exact) mass is 184 g/mol. The molecule has 0 aliphatic carbocycles. The van der Waals surface area contributed by atoms with E-state index in [1.807, 2.05) is 19.1 Å². The molecule has 0 aromatic rings. The molecule has 0 N–H and O–H groups in total. The zero-order chi connectivity index (χ0) is 10.1. The SMILES string of the molecule is C/C=C/CCCC(=O)CC(=O)OC. The number of Topliss-reactive ketones (excluding diaryl/α,β-unsaturated/α-hetero) is 1. The lowest BCUT2D eigenvalue weighted by Gasteiger charge is -1.97. The number of esters is 1. The molecule has 0 atom stereocenters. The second-order valence-corrected chi connectivity index (χ2v) is 2.75. The van der Waals surface area contributed by atoms with Gasteiger partial charge in [-0.25, -0.2) is 0 Å². The standard InChI is InChI=1S/C10H16O3/c1-3-4-5-6-7-9(11)8-10(12)13-2/h3-4H,5-8H2,1-2H3/b4-3+. The number of carbonyl (C=O) groups excluding carboxylic acids is 2. The van der Waals surface area contributed by atoms with Crippen LogP contribution in [0.5, 0.6) is 0 Å². The summed E-state index contributed by atoms with van der Waals surface area (Å²) in [7, 11) is 1.29. The summed E-state index contributed by atoms with van der Waals surface area (Å²) >= 11 is 0. The maximum atomic E-state index is 11.1. The van der Waals surface area contributed by atoms with Gasteiger partial charge in [-0.05, 0) is 19.8 Å². The topological polar surface area (TPSA) is 43.4 Å². The van der Waals surface area contributed by atoms with E-state index >= 15 is 0 Å². The summed E-state index contributed by atoms with van der Waals surface area (Å²) in [5.41, 5.74) is 0. The third-order valence-electron chi connectivity index (χ3n) is 1.63. The van der Waals surface area contributed by atoms with Crippen LogP contribution in [0, 0.1) is 0 Å². The molecule has 0 heterocycles. The fourth-order valence-electron chi connectivity index (χ4n) is 0.905. The Morgan fingerprint density at radius 1 is 1.38 bits per heavy atom. The first-order chi connectivity index (χ1) is 6.20. The molecule has 0 fully saturated rings. The molecule has 0 rings (SSSR count). The summed E-state index contributed by atoms with van der Waals surface area (Å²) < 4.78 is 4.37. The van der Waals surface area contributed by atoms with Gasteiger partial charge < -0.3 is 4.74 Å². The van der Waals surface area contributed by atoms with Crippen LogP contribution in [0.4, 0.5) is 0 Å². The molecular formula is C10H16O3. The van der Waals surface area contributed by atoms with E-state index in [0.717, 1.165) is 12.8 Å². The first kappa shape index (κ1) is 11.9. The Morgan fingerprint density at radius 2 is 2.08 bits per heavy atom. The first-order valence-electron chi connectivity index (χ1n) is 4.40. The van der Waals surface area contributed by atoms with Crippen LogP contribution in [0.25, 0.3) is 0 Å². The molecule has 3 nitrogen and oxygen atoms in total. The maximum absolute atomic E-state index is 11.1. The van der Waals surface area contributed by atoms with Crippen LogP contribution >= 0.6 is 0 Å². The largest absolute Gasteiger partial charge is 0.469 e. The number of ketones is 1. The minimum atomic E-state index is -0.448. The molecule has 0 aliphatic rings. The van der Waals surface area contributed by atoms with Crippen molar-refractivity contribution in [1.82, 2.24) is 0 Å². The van der Waals surface area contributed by atoms with Crippen LogP contribution in [0.3, 0.4) is 0 Å². The van der Waals surface area contributed by atoms with Gasteiger partial charge in [-0.1, -0.05) is 12.2 Å². The molecule has 0 spiro atoms. The third kappa shape index (κ3) is 7.25. The van der Waals surface area contributed by atoms with Gasteiger partial charge in [0.1, 0.15) is 12.2 Å². The van der Waals surface area contributed by atoms with Crippen LogP contribution in [-0.2, 0) is 14.3 Å². The van der Waals surface area contributed by atoms with Crippen LogP contribution in [-0.4, -0.2) is 18.9 Å². The second-order valence-electron chi connectivity index (χ2n) is 2.75. The van der Waals surface area contributed by atoms with E-state index in [1.54, 1.807) is 0 Å². The van der Waals surface area contributed by atoms with Crippen molar-refractivity contribution in [2.75, 3.05) is 7.11 Å². The first-order valence-corrected chi connectivity index (χ1v) is 4.40. The summed E-state index contributed by atoms with van der Waals surface area (Å²) in [6.07, 6.45) is 6.02. The van der Waals surface area contributed by atoms with Gasteiger partial charge in [-0.2, -0.15) is 0 Å². The molecular weight excluding hydrogens is 168 g/mol. The smallest absolute Gasteiger partial charge is 0.313 e. The van der Waals surface area contributed by atoms with Crippen LogP contribution in [0.1, 0.15) is 32.6 Å². The van der Waals surface area contributed by atoms with Crippen molar-refractivity contribution in [3.05, 3.63) is 12.2 Å². The Morgan fingerprint density at radius 3 is 2.62 bits per heavy atom. The summed E-state index contributed by atoms with van der Waals surface area (Å²) in [5.74, 6) is -0.493. The van der Waals surface area contributed by atoms with Gasteiger partial charge >= 0.3 is 5.97 Å². The van der Waals surface area contributed by atoms with Gasteiger partial charge in [0.15, 0.2) is 0 Å². The van der Waals surface area contributed by atoms with Gasteiger partial charge in [-0.15, -0.1) is 0 Å². The highest BCUT2D eigenvalue weighted by Crippen LogP contribution is 2.00. The molecule has 0 amide bonds. The van der Waals surface area contributed by atoms with Crippen LogP contribution in [0.2, 0.25) is 0 Å². The Hall–Kier alpha value is -1.12. The van der Waals surface area contributed by atoms with E-state index < -0.39 is 5.97 Å². The summed E-state index contributed by atoms with van der Waals surface area (Å²) in [4.78, 5) is 21.7. The number of methoxy groups -OCH3 is 1. The van der Waals surface area contributed by atoms with Crippen LogP contribution < -0.4 is 0 Å². The number of carbonyl (C=O) groups is 2. The number of hydrogen-bond donors (Lipinski definition) is 0. The molecule has 0 radical (unpaired) electrons. The van der Waals surface area contributed by atoms with Gasteiger partial charge in [0.25, 0.3) is 0 Å². The van der Waals surface area contributed by atoms with Crippen molar-refractivity contribution in [2.24, 2.45) is 0 Å². The number of hydrogen-bond acceptors (Lipinski definition) is 3. The van der Waals surface area contributed by atoms with Crippen molar-refractivity contribution >= 4 is 11.8 Å². The predicted molar refractivity (Wildman–Crippen MR) is 50.3 cm³/mol.